The molecule has 1 aliphatic carbocycles. The number of thioether (sulfide) groups is 1. The van der Waals surface area contributed by atoms with E-state index in [0.29, 0.717) is 12.2 Å². The average Bonchev–Trinajstić information content (AvgIpc) is 3.20. The van der Waals surface area contributed by atoms with Crippen molar-refractivity contribution < 1.29 is 18.7 Å². The van der Waals surface area contributed by atoms with E-state index in [1.165, 1.54) is 0 Å². The Kier molecular flexibility index (Phi) is 5.07. The molecule has 1 aliphatic heterocycles. The molecule has 0 saturated heterocycles. The van der Waals surface area contributed by atoms with Crippen LogP contribution in [0.5, 0.6) is 0 Å². The van der Waals surface area contributed by atoms with Gasteiger partial charge in [0, 0.05) is 30.0 Å². The van der Waals surface area contributed by atoms with Crippen LogP contribution in [0.25, 0.3) is 10.9 Å². The number of hydrogen-bond acceptors (Lipinski definition) is 4. The normalized spacial score (nSPS) is 24.3. The molecule has 0 bridgehead atoms. The fourth-order valence-electron chi connectivity index (χ4n) is 4.01. The Labute approximate surface area is 166 Å². The Morgan fingerprint density at radius 1 is 1.43 bits per heavy atom. The van der Waals surface area contributed by atoms with Crippen LogP contribution in [0.3, 0.4) is 0 Å². The van der Waals surface area contributed by atoms with E-state index < -0.39 is 11.9 Å². The van der Waals surface area contributed by atoms with E-state index in [4.69, 9.17) is 5.11 Å². The van der Waals surface area contributed by atoms with E-state index >= 15 is 0 Å². The molecule has 4 rings (SSSR count). The summed E-state index contributed by atoms with van der Waals surface area (Å²) in [6.45, 7) is 1.98. The summed E-state index contributed by atoms with van der Waals surface area (Å²) in [5.74, 6) is -2.80. The highest BCUT2D eigenvalue weighted by atomic mass is 32.2. The summed E-state index contributed by atoms with van der Waals surface area (Å²) in [7, 11) is 0. The number of anilines is 1. The first-order valence-electron chi connectivity index (χ1n) is 9.49. The maximum Gasteiger partial charge on any atom is 0.305 e. The maximum atomic E-state index is 13.8. The van der Waals surface area contributed by atoms with Gasteiger partial charge in [-0.15, -0.1) is 11.8 Å². The number of aryl methyl sites for hydroxylation is 1. The van der Waals surface area contributed by atoms with Crippen molar-refractivity contribution in [1.82, 2.24) is 4.98 Å². The van der Waals surface area contributed by atoms with Gasteiger partial charge >= 0.3 is 5.97 Å². The lowest BCUT2D eigenvalue weighted by Gasteiger charge is -2.30. The van der Waals surface area contributed by atoms with Crippen LogP contribution in [0.15, 0.2) is 23.2 Å². The van der Waals surface area contributed by atoms with Crippen molar-refractivity contribution in [2.45, 2.75) is 57.0 Å². The maximum absolute atomic E-state index is 13.8. The number of carbonyl (C=O) groups is 1. The average molecular weight is 407 g/mol. The van der Waals surface area contributed by atoms with Gasteiger partial charge in [0.05, 0.1) is 29.4 Å². The number of aliphatic imine (C=N–C) groups is 1. The molecule has 150 valence electrons. The summed E-state index contributed by atoms with van der Waals surface area (Å²) < 4.78 is 27.6. The number of aromatic amines is 1. The Morgan fingerprint density at radius 3 is 3.00 bits per heavy atom. The van der Waals surface area contributed by atoms with Gasteiger partial charge in [0.2, 0.25) is 5.92 Å². The van der Waals surface area contributed by atoms with E-state index in [1.54, 1.807) is 11.8 Å². The molecule has 2 heterocycles. The van der Waals surface area contributed by atoms with Crippen LogP contribution in [0.4, 0.5) is 14.5 Å². The predicted molar refractivity (Wildman–Crippen MR) is 109 cm³/mol. The van der Waals surface area contributed by atoms with E-state index in [9.17, 15) is 13.6 Å². The highest BCUT2D eigenvalue weighted by Crippen LogP contribution is 2.36. The van der Waals surface area contributed by atoms with Gasteiger partial charge in [0.25, 0.3) is 0 Å². The smallest absolute Gasteiger partial charge is 0.305 e. The molecule has 2 aromatic rings. The SMILES string of the molecule is Cc1cc(NC2CCCC(F)(F)C2)c2[nH]c(C3=N[C@@H](CC(=O)O)CS3)cc2c1. The summed E-state index contributed by atoms with van der Waals surface area (Å²) in [5.41, 5.74) is 3.59. The number of carboxylic acid groups (broad SMARTS) is 1. The number of rotatable bonds is 5. The monoisotopic (exact) mass is 407 g/mol. The second-order valence-corrected chi connectivity index (χ2v) is 8.76. The lowest BCUT2D eigenvalue weighted by molar-refractivity contribution is -0.137. The van der Waals surface area contributed by atoms with E-state index in [0.717, 1.165) is 39.3 Å². The molecule has 0 radical (unpaired) electrons. The molecule has 1 unspecified atom stereocenters. The van der Waals surface area contributed by atoms with Crippen molar-refractivity contribution in [2.75, 3.05) is 11.1 Å². The number of nitrogens with one attached hydrogen (secondary N) is 2. The number of H-pyrrole nitrogens is 1. The van der Waals surface area contributed by atoms with Crippen molar-refractivity contribution >= 4 is 39.4 Å². The van der Waals surface area contributed by atoms with E-state index in [1.807, 2.05) is 25.1 Å². The van der Waals surface area contributed by atoms with Crippen molar-refractivity contribution in [2.24, 2.45) is 4.99 Å². The number of aromatic nitrogens is 1. The topological polar surface area (TPSA) is 77.5 Å². The number of fused-ring (bicyclic) bond motifs is 1. The first kappa shape index (κ1) is 19.2. The third-order valence-corrected chi connectivity index (χ3v) is 6.38. The highest BCUT2D eigenvalue weighted by molar-refractivity contribution is 8.14. The fourth-order valence-corrected chi connectivity index (χ4v) is 5.04. The number of nitrogens with zero attached hydrogens (tertiary/aromatic N) is 1. The third kappa shape index (κ3) is 4.16. The number of aliphatic carboxylic acids is 1. The molecular weight excluding hydrogens is 384 g/mol. The minimum Gasteiger partial charge on any atom is -0.481 e. The molecule has 28 heavy (non-hydrogen) atoms. The number of benzene rings is 1. The Hall–Kier alpha value is -2.09. The first-order chi connectivity index (χ1) is 13.3. The quantitative estimate of drug-likeness (QED) is 0.665. The van der Waals surface area contributed by atoms with Crippen LogP contribution in [-0.2, 0) is 4.79 Å². The number of hydrogen-bond donors (Lipinski definition) is 3. The minimum atomic E-state index is -2.60. The highest BCUT2D eigenvalue weighted by Gasteiger charge is 2.36. The van der Waals surface area contributed by atoms with Crippen molar-refractivity contribution in [3.8, 4) is 0 Å². The van der Waals surface area contributed by atoms with Crippen LogP contribution in [0, 0.1) is 6.92 Å². The summed E-state index contributed by atoms with van der Waals surface area (Å²) >= 11 is 1.54. The molecular formula is C20H23F2N3O2S. The summed E-state index contributed by atoms with van der Waals surface area (Å²) in [4.78, 5) is 18.8. The Bertz CT molecular complexity index is 941. The Morgan fingerprint density at radius 2 is 2.25 bits per heavy atom. The lowest BCUT2D eigenvalue weighted by Crippen LogP contribution is -2.34. The fraction of sp³-hybridized carbons (Fsp3) is 0.500. The molecule has 2 atom stereocenters. The molecule has 1 aromatic heterocycles. The van der Waals surface area contributed by atoms with Crippen LogP contribution in [0.2, 0.25) is 0 Å². The summed E-state index contributed by atoms with van der Waals surface area (Å²) in [6, 6.07) is 5.56. The first-order valence-corrected chi connectivity index (χ1v) is 10.5. The van der Waals surface area contributed by atoms with E-state index in [2.05, 4.69) is 15.3 Å². The van der Waals surface area contributed by atoms with Crippen molar-refractivity contribution in [1.29, 1.82) is 0 Å². The van der Waals surface area contributed by atoms with Gasteiger partial charge in [-0.25, -0.2) is 8.78 Å². The summed E-state index contributed by atoms with van der Waals surface area (Å²) in [6.07, 6.45) is 1.11. The second kappa shape index (κ2) is 7.39. The molecule has 8 heteroatoms. The van der Waals surface area contributed by atoms with Crippen LogP contribution in [0.1, 0.15) is 43.4 Å². The third-order valence-electron chi connectivity index (χ3n) is 5.23. The minimum absolute atomic E-state index is 0.0263. The zero-order valence-electron chi connectivity index (χ0n) is 15.6. The van der Waals surface area contributed by atoms with Gasteiger partial charge in [-0.05, 0) is 43.5 Å². The predicted octanol–water partition coefficient (Wildman–Crippen LogP) is 4.80. The molecule has 0 amide bonds. The molecule has 3 N–H and O–H groups in total. The second-order valence-electron chi connectivity index (χ2n) is 7.75. The van der Waals surface area contributed by atoms with Gasteiger partial charge in [-0.2, -0.15) is 0 Å². The van der Waals surface area contributed by atoms with Crippen molar-refractivity contribution in [3.63, 3.8) is 0 Å². The van der Waals surface area contributed by atoms with Crippen molar-refractivity contribution in [3.05, 3.63) is 29.5 Å². The van der Waals surface area contributed by atoms with Gasteiger partial charge < -0.3 is 15.4 Å². The molecule has 0 spiro atoms. The zero-order chi connectivity index (χ0) is 19.9. The zero-order valence-corrected chi connectivity index (χ0v) is 16.4. The molecule has 1 saturated carbocycles. The van der Waals surface area contributed by atoms with E-state index in [-0.39, 0.29) is 31.3 Å². The van der Waals surface area contributed by atoms with Gasteiger partial charge in [0.15, 0.2) is 0 Å². The molecule has 1 aromatic carbocycles. The molecule has 5 nitrogen and oxygen atoms in total. The van der Waals surface area contributed by atoms with Gasteiger partial charge in [0.1, 0.15) is 5.04 Å². The Balaban J connectivity index is 1.61. The summed E-state index contributed by atoms with van der Waals surface area (Å²) in [5, 5.41) is 14.1. The molecule has 2 aliphatic rings. The lowest BCUT2D eigenvalue weighted by atomic mass is 9.92. The number of halogens is 2. The van der Waals surface area contributed by atoms with Crippen LogP contribution >= 0.6 is 11.8 Å². The molecule has 1 fully saturated rings. The van der Waals surface area contributed by atoms with Crippen LogP contribution < -0.4 is 5.32 Å². The van der Waals surface area contributed by atoms with Gasteiger partial charge in [-0.1, -0.05) is 0 Å². The van der Waals surface area contributed by atoms with Gasteiger partial charge in [-0.3, -0.25) is 9.79 Å². The largest absolute Gasteiger partial charge is 0.481 e. The number of alkyl halides is 2. The number of carboxylic acids is 1. The van der Waals surface area contributed by atoms with Crippen LogP contribution in [-0.4, -0.2) is 44.9 Å². The standard InChI is InChI=1S/C20H23F2N3O2S/c1-11-5-12-7-16(19-24-14(10-28-19)8-17(26)27)25-18(12)15(6-11)23-13-3-2-4-20(21,22)9-13/h5-7,13-14,23,25H,2-4,8-10H2,1H3,(H,26,27)/t13?,14-/m0/s1.